The molecule has 0 aromatic heterocycles. The van der Waals surface area contributed by atoms with Gasteiger partial charge in [-0.05, 0) is 18.3 Å². The molecule has 0 amide bonds. The van der Waals surface area contributed by atoms with Crippen molar-refractivity contribution in [1.29, 1.82) is 0 Å². The predicted molar refractivity (Wildman–Crippen MR) is 34.3 cm³/mol. The van der Waals surface area contributed by atoms with Gasteiger partial charge in [0.2, 0.25) is 0 Å². The van der Waals surface area contributed by atoms with Gasteiger partial charge in [-0.15, -0.1) is 0 Å². The Morgan fingerprint density at radius 3 is 2.00 bits per heavy atom. The lowest BCUT2D eigenvalue weighted by Crippen LogP contribution is -1.93. The van der Waals surface area contributed by atoms with Gasteiger partial charge in [-0.1, -0.05) is 27.6 Å². The summed E-state index contributed by atoms with van der Waals surface area (Å²) in [6.45, 7) is -0.955. The van der Waals surface area contributed by atoms with Crippen molar-refractivity contribution in [3.63, 3.8) is 0 Å². The van der Waals surface area contributed by atoms with Gasteiger partial charge in [0.1, 0.15) is 0 Å². The molecule has 0 radical (unpaired) electrons. The van der Waals surface area contributed by atoms with E-state index in [1.54, 1.807) is 13.8 Å². The van der Waals surface area contributed by atoms with Crippen LogP contribution >= 0.6 is 0 Å². The molecule has 0 heterocycles. The van der Waals surface area contributed by atoms with Crippen LogP contribution < -0.4 is 0 Å². The maximum Gasteiger partial charge on any atom is 0.0233 e. The van der Waals surface area contributed by atoms with Crippen molar-refractivity contribution in [3.05, 3.63) is 0 Å². The number of hydrogen-bond donors (Lipinski definition) is 0. The molecule has 0 aliphatic rings. The summed E-state index contributed by atoms with van der Waals surface area (Å²) in [5, 5.41) is 0. The van der Waals surface area contributed by atoms with E-state index in [2.05, 4.69) is 0 Å². The molecule has 0 spiro atoms. The van der Waals surface area contributed by atoms with Crippen molar-refractivity contribution in [2.45, 2.75) is 34.0 Å². The molecule has 0 bridgehead atoms. The van der Waals surface area contributed by atoms with E-state index >= 15 is 0 Å². The molecule has 0 unspecified atom stereocenters. The van der Waals surface area contributed by atoms with E-state index in [9.17, 15) is 0 Å². The normalized spacial score (nSPS) is 35.1. The standard InChI is InChI=1S/C7H16/c1-6(2)5-7(3)4/h6-7H,5H2,1-4H3/i1D3,3D3/t6-,7+. The zero-order valence-electron chi connectivity index (χ0n) is 10.9. The SMILES string of the molecule is [2H]C([2H])([2H])[C@H](C)C[C@H](C)C([2H])([2H])[2H]. The first-order valence-electron chi connectivity index (χ1n) is 5.55. The molecule has 0 aliphatic carbocycles. The minimum Gasteiger partial charge on any atom is -0.0628 e. The summed E-state index contributed by atoms with van der Waals surface area (Å²) in [4.78, 5) is 0. The van der Waals surface area contributed by atoms with Crippen LogP contribution in [0.25, 0.3) is 0 Å². The summed E-state index contributed by atoms with van der Waals surface area (Å²) < 4.78 is 42.5. The molecule has 0 nitrogen and oxygen atoms in total. The summed E-state index contributed by atoms with van der Waals surface area (Å²) in [6, 6.07) is 0. The van der Waals surface area contributed by atoms with Gasteiger partial charge in [0, 0.05) is 8.22 Å². The summed E-state index contributed by atoms with van der Waals surface area (Å²) in [5.41, 5.74) is 0. The Kier molecular flexibility index (Phi) is 0.765. The average molecular weight is 106 g/mol. The molecule has 0 saturated heterocycles. The fourth-order valence-electron chi connectivity index (χ4n) is 0.530. The summed E-state index contributed by atoms with van der Waals surface area (Å²) in [7, 11) is 0. The van der Waals surface area contributed by atoms with Gasteiger partial charge in [0.25, 0.3) is 0 Å². The molecule has 0 heteroatoms. The van der Waals surface area contributed by atoms with E-state index in [-0.39, 0.29) is 6.42 Å². The third-order valence-corrected chi connectivity index (χ3v) is 0.707. The average Bonchev–Trinajstić information content (AvgIpc) is 1.82. The Morgan fingerprint density at radius 2 is 1.71 bits per heavy atom. The molecular weight excluding hydrogens is 84.1 g/mol. The monoisotopic (exact) mass is 106 g/mol. The molecule has 44 valence electrons. The summed E-state index contributed by atoms with van der Waals surface area (Å²) >= 11 is 0. The van der Waals surface area contributed by atoms with Crippen molar-refractivity contribution in [2.24, 2.45) is 11.8 Å². The van der Waals surface area contributed by atoms with Crippen LogP contribution in [0.15, 0.2) is 0 Å². The lowest BCUT2D eigenvalue weighted by molar-refractivity contribution is 0.469. The molecule has 0 saturated carbocycles. The van der Waals surface area contributed by atoms with Crippen molar-refractivity contribution in [1.82, 2.24) is 0 Å². The first-order chi connectivity index (χ1) is 5.55. The zero-order valence-corrected chi connectivity index (χ0v) is 4.86. The second-order valence-corrected chi connectivity index (χ2v) is 2.04. The number of rotatable bonds is 2. The first kappa shape index (κ1) is 1.75. The Balaban J connectivity index is 4.15. The molecule has 0 rings (SSSR count). The predicted octanol–water partition coefficient (Wildman–Crippen LogP) is 2.69. The molecule has 0 N–H and O–H groups in total. The maximum absolute atomic E-state index is 7.09. The van der Waals surface area contributed by atoms with Crippen LogP contribution in [-0.4, -0.2) is 0 Å². The molecular formula is C7H16. The van der Waals surface area contributed by atoms with E-state index in [0.29, 0.717) is 0 Å². The van der Waals surface area contributed by atoms with Gasteiger partial charge < -0.3 is 0 Å². The highest BCUT2D eigenvalue weighted by atomic mass is 14.0. The van der Waals surface area contributed by atoms with Crippen LogP contribution in [0.2, 0.25) is 0 Å². The maximum atomic E-state index is 7.09. The van der Waals surface area contributed by atoms with Crippen LogP contribution in [0.5, 0.6) is 0 Å². The van der Waals surface area contributed by atoms with Gasteiger partial charge in [-0.3, -0.25) is 0 Å². The smallest absolute Gasteiger partial charge is 0.0233 e. The Bertz CT molecular complexity index is 137. The third kappa shape index (κ3) is 6.00. The highest BCUT2D eigenvalue weighted by Gasteiger charge is 1.95. The highest BCUT2D eigenvalue weighted by Crippen LogP contribution is 2.08. The van der Waals surface area contributed by atoms with Gasteiger partial charge >= 0.3 is 0 Å². The Hall–Kier alpha value is 0. The zero-order chi connectivity index (χ0) is 10.9. The van der Waals surface area contributed by atoms with E-state index in [1.807, 2.05) is 0 Å². The molecule has 0 aliphatic heterocycles. The van der Waals surface area contributed by atoms with Gasteiger partial charge in [-0.2, -0.15) is 0 Å². The molecule has 0 aromatic rings. The van der Waals surface area contributed by atoms with Crippen molar-refractivity contribution < 1.29 is 8.22 Å². The van der Waals surface area contributed by atoms with Crippen LogP contribution in [0.3, 0.4) is 0 Å². The van der Waals surface area contributed by atoms with E-state index in [4.69, 9.17) is 8.22 Å². The van der Waals surface area contributed by atoms with E-state index in [0.717, 1.165) is 0 Å². The molecule has 0 fully saturated rings. The van der Waals surface area contributed by atoms with Crippen LogP contribution in [0, 0.1) is 11.8 Å². The van der Waals surface area contributed by atoms with E-state index in [1.165, 1.54) is 0 Å². The van der Waals surface area contributed by atoms with Crippen LogP contribution in [-0.2, 0) is 0 Å². The highest BCUT2D eigenvalue weighted by molar-refractivity contribution is 4.47. The molecule has 0 aromatic carbocycles. The topological polar surface area (TPSA) is 0 Å². The van der Waals surface area contributed by atoms with Crippen LogP contribution in [0.4, 0.5) is 0 Å². The van der Waals surface area contributed by atoms with Crippen molar-refractivity contribution in [2.75, 3.05) is 0 Å². The second-order valence-electron chi connectivity index (χ2n) is 2.04. The van der Waals surface area contributed by atoms with E-state index < -0.39 is 25.5 Å². The Morgan fingerprint density at radius 1 is 1.29 bits per heavy atom. The second kappa shape index (κ2) is 3.06. The lowest BCUT2D eigenvalue weighted by atomic mass is 10.0. The quantitative estimate of drug-likeness (QED) is 0.507. The summed E-state index contributed by atoms with van der Waals surface area (Å²) in [6.07, 6.45) is 0.215. The minimum absolute atomic E-state index is 0.215. The fraction of sp³-hybridized carbons (Fsp3) is 1.00. The fourth-order valence-corrected chi connectivity index (χ4v) is 0.530. The lowest BCUT2D eigenvalue weighted by Gasteiger charge is -2.05. The largest absolute Gasteiger partial charge is 0.0628 e. The van der Waals surface area contributed by atoms with Gasteiger partial charge in [0.15, 0.2) is 0 Å². The first-order valence-corrected chi connectivity index (χ1v) is 2.55. The third-order valence-electron chi connectivity index (χ3n) is 0.707. The van der Waals surface area contributed by atoms with Crippen molar-refractivity contribution in [3.8, 4) is 0 Å². The molecule has 7 heavy (non-hydrogen) atoms. The van der Waals surface area contributed by atoms with Crippen molar-refractivity contribution >= 4 is 0 Å². The number of hydrogen-bond acceptors (Lipinski definition) is 0. The van der Waals surface area contributed by atoms with Gasteiger partial charge in [-0.25, -0.2) is 0 Å². The molecule has 2 atom stereocenters. The Labute approximate surface area is 55.4 Å². The minimum atomic E-state index is -2.04. The summed E-state index contributed by atoms with van der Waals surface area (Å²) in [5.74, 6) is -1.11. The van der Waals surface area contributed by atoms with Gasteiger partial charge in [0.05, 0.1) is 0 Å². The van der Waals surface area contributed by atoms with Crippen LogP contribution in [0.1, 0.15) is 42.2 Å².